The van der Waals surface area contributed by atoms with E-state index < -0.39 is 0 Å². The molecule has 19 heavy (non-hydrogen) atoms. The van der Waals surface area contributed by atoms with E-state index in [0.717, 1.165) is 4.47 Å². The van der Waals surface area contributed by atoms with Gasteiger partial charge in [-0.3, -0.25) is 0 Å². The van der Waals surface area contributed by atoms with E-state index in [0.29, 0.717) is 22.1 Å². The quantitative estimate of drug-likeness (QED) is 0.711. The van der Waals surface area contributed by atoms with Gasteiger partial charge in [-0.25, -0.2) is 4.98 Å². The molecular weight excluding hydrogens is 372 g/mol. The van der Waals surface area contributed by atoms with Crippen molar-refractivity contribution in [1.29, 1.82) is 5.26 Å². The molecule has 1 aromatic heterocycles. The Kier molecular flexibility index (Phi) is 4.54. The predicted molar refractivity (Wildman–Crippen MR) is 81.4 cm³/mol. The molecule has 0 atom stereocenters. The number of halogens is 4. The number of nitrogens with zero attached hydrogens (tertiary/aromatic N) is 2. The summed E-state index contributed by atoms with van der Waals surface area (Å²) in [5.74, 6) is 0.339. The first-order valence-electron chi connectivity index (χ1n) is 4.99. The van der Waals surface area contributed by atoms with E-state index >= 15 is 0 Å². The number of pyridine rings is 1. The predicted octanol–water partition coefficient (Wildman–Crippen LogP) is 5.42. The lowest BCUT2D eigenvalue weighted by atomic mass is 10.2. The van der Waals surface area contributed by atoms with E-state index in [-0.39, 0.29) is 10.2 Å². The maximum atomic E-state index is 9.05. The largest absolute Gasteiger partial charge is 0.338 e. The monoisotopic (exact) mass is 375 g/mol. The number of benzene rings is 1. The van der Waals surface area contributed by atoms with E-state index in [2.05, 4.69) is 32.3 Å². The molecule has 0 saturated heterocycles. The second-order valence-corrected chi connectivity index (χ2v) is 5.61. The van der Waals surface area contributed by atoms with Crippen molar-refractivity contribution >= 4 is 62.2 Å². The summed E-state index contributed by atoms with van der Waals surface area (Å²) in [6.07, 6.45) is 0. The lowest BCUT2D eigenvalue weighted by molar-refractivity contribution is 1.30. The molecule has 1 heterocycles. The molecular formula is C12H5BrCl3N3. The van der Waals surface area contributed by atoms with Crippen LogP contribution in [-0.2, 0) is 0 Å². The van der Waals surface area contributed by atoms with Crippen molar-refractivity contribution in [2.75, 3.05) is 5.32 Å². The summed E-state index contributed by atoms with van der Waals surface area (Å²) in [6, 6.07) is 8.77. The highest BCUT2D eigenvalue weighted by molar-refractivity contribution is 9.10. The Hall–Kier alpha value is -0.990. The Morgan fingerprint density at radius 3 is 2.58 bits per heavy atom. The average Bonchev–Trinajstić information content (AvgIpc) is 2.36. The fourth-order valence-corrected chi connectivity index (χ4v) is 2.28. The van der Waals surface area contributed by atoms with E-state index in [1.165, 1.54) is 6.07 Å². The van der Waals surface area contributed by atoms with Crippen LogP contribution in [0, 0.1) is 11.3 Å². The summed E-state index contributed by atoms with van der Waals surface area (Å²) in [4.78, 5) is 4.04. The standard InChI is InChI=1S/C12H5BrCl3N3/c13-7-2-1-6(5-17)10(3-7)18-12-9(15)4-8(14)11(16)19-12/h1-4H,(H,18,19). The van der Waals surface area contributed by atoms with E-state index in [9.17, 15) is 0 Å². The van der Waals surface area contributed by atoms with E-state index in [1.807, 2.05) is 0 Å². The second-order valence-electron chi connectivity index (χ2n) is 3.52. The van der Waals surface area contributed by atoms with Gasteiger partial charge in [0.1, 0.15) is 11.2 Å². The lowest BCUT2D eigenvalue weighted by Gasteiger charge is -2.10. The zero-order chi connectivity index (χ0) is 14.0. The van der Waals surface area contributed by atoms with Gasteiger partial charge in [-0.1, -0.05) is 50.7 Å². The summed E-state index contributed by atoms with van der Waals surface area (Å²) >= 11 is 21.0. The van der Waals surface area contributed by atoms with Crippen LogP contribution >= 0.6 is 50.7 Å². The Bertz CT molecular complexity index is 683. The molecule has 96 valence electrons. The van der Waals surface area contributed by atoms with Gasteiger partial charge in [-0.15, -0.1) is 0 Å². The van der Waals surface area contributed by atoms with Crippen LogP contribution in [0.2, 0.25) is 15.2 Å². The molecule has 0 fully saturated rings. The molecule has 0 saturated carbocycles. The van der Waals surface area contributed by atoms with Crippen molar-refractivity contribution < 1.29 is 0 Å². The van der Waals surface area contributed by atoms with Crippen LogP contribution in [-0.4, -0.2) is 4.98 Å². The number of nitriles is 1. The third-order valence-electron chi connectivity index (χ3n) is 2.24. The third-order valence-corrected chi connectivity index (χ3v) is 3.70. The highest BCUT2D eigenvalue weighted by atomic mass is 79.9. The summed E-state index contributed by atoms with van der Waals surface area (Å²) in [7, 11) is 0. The minimum atomic E-state index is 0.141. The van der Waals surface area contributed by atoms with E-state index in [1.54, 1.807) is 18.2 Å². The van der Waals surface area contributed by atoms with Gasteiger partial charge in [0.05, 0.1) is 21.3 Å². The molecule has 0 spiro atoms. The topological polar surface area (TPSA) is 48.7 Å². The van der Waals surface area contributed by atoms with Gasteiger partial charge in [-0.2, -0.15) is 5.26 Å². The molecule has 1 N–H and O–H groups in total. The molecule has 0 aliphatic heterocycles. The molecule has 2 aromatic rings. The van der Waals surface area contributed by atoms with Crippen LogP contribution in [0.3, 0.4) is 0 Å². The van der Waals surface area contributed by atoms with Crippen molar-refractivity contribution in [1.82, 2.24) is 4.98 Å². The lowest BCUT2D eigenvalue weighted by Crippen LogP contribution is -1.97. The molecule has 2 rings (SSSR count). The minimum Gasteiger partial charge on any atom is -0.338 e. The Labute approximate surface area is 133 Å². The molecule has 3 nitrogen and oxygen atoms in total. The van der Waals surface area contributed by atoms with Crippen LogP contribution in [0.15, 0.2) is 28.7 Å². The second kappa shape index (κ2) is 5.98. The van der Waals surface area contributed by atoms with Crippen molar-refractivity contribution in [3.8, 4) is 6.07 Å². The normalized spacial score (nSPS) is 10.1. The van der Waals surface area contributed by atoms with E-state index in [4.69, 9.17) is 40.1 Å². The van der Waals surface area contributed by atoms with Gasteiger partial charge >= 0.3 is 0 Å². The molecule has 0 bridgehead atoms. The fourth-order valence-electron chi connectivity index (χ4n) is 1.38. The van der Waals surface area contributed by atoms with Crippen LogP contribution in [0.25, 0.3) is 0 Å². The molecule has 0 amide bonds. The Morgan fingerprint density at radius 1 is 1.16 bits per heavy atom. The number of rotatable bonds is 2. The number of hydrogen-bond acceptors (Lipinski definition) is 3. The summed E-state index contributed by atoms with van der Waals surface area (Å²) in [5, 5.41) is 12.7. The first kappa shape index (κ1) is 14.4. The van der Waals surface area contributed by atoms with Crippen LogP contribution < -0.4 is 5.32 Å². The Morgan fingerprint density at radius 2 is 1.89 bits per heavy atom. The average molecular weight is 377 g/mol. The van der Waals surface area contributed by atoms with Gasteiger partial charge < -0.3 is 5.32 Å². The highest BCUT2D eigenvalue weighted by Gasteiger charge is 2.10. The SMILES string of the molecule is N#Cc1ccc(Br)cc1Nc1nc(Cl)c(Cl)cc1Cl. The van der Waals surface area contributed by atoms with Gasteiger partial charge in [0.2, 0.25) is 0 Å². The van der Waals surface area contributed by atoms with Crippen molar-refractivity contribution in [3.05, 3.63) is 49.5 Å². The first-order valence-corrected chi connectivity index (χ1v) is 6.92. The Balaban J connectivity index is 2.45. The van der Waals surface area contributed by atoms with Crippen molar-refractivity contribution in [2.24, 2.45) is 0 Å². The summed E-state index contributed by atoms with van der Waals surface area (Å²) in [6.45, 7) is 0. The number of nitrogens with one attached hydrogen (secondary N) is 1. The first-order chi connectivity index (χ1) is 9.01. The van der Waals surface area contributed by atoms with Gasteiger partial charge in [-0.05, 0) is 24.3 Å². The zero-order valence-corrected chi connectivity index (χ0v) is 13.1. The fraction of sp³-hybridized carbons (Fsp3) is 0. The third kappa shape index (κ3) is 3.31. The maximum Gasteiger partial charge on any atom is 0.151 e. The minimum absolute atomic E-state index is 0.141. The van der Waals surface area contributed by atoms with Crippen molar-refractivity contribution in [3.63, 3.8) is 0 Å². The van der Waals surface area contributed by atoms with Gasteiger partial charge in [0.15, 0.2) is 5.82 Å². The maximum absolute atomic E-state index is 9.05. The highest BCUT2D eigenvalue weighted by Crippen LogP contribution is 2.32. The van der Waals surface area contributed by atoms with Crippen LogP contribution in [0.1, 0.15) is 5.56 Å². The molecule has 0 aliphatic rings. The molecule has 0 radical (unpaired) electrons. The zero-order valence-electron chi connectivity index (χ0n) is 9.22. The number of aromatic nitrogens is 1. The molecule has 0 unspecified atom stereocenters. The summed E-state index contributed by atoms with van der Waals surface area (Å²) < 4.78 is 0.824. The number of hydrogen-bond donors (Lipinski definition) is 1. The molecule has 1 aromatic carbocycles. The summed E-state index contributed by atoms with van der Waals surface area (Å²) in [5.41, 5.74) is 1.04. The van der Waals surface area contributed by atoms with Crippen LogP contribution in [0.5, 0.6) is 0 Å². The van der Waals surface area contributed by atoms with Gasteiger partial charge in [0, 0.05) is 4.47 Å². The van der Waals surface area contributed by atoms with Gasteiger partial charge in [0.25, 0.3) is 0 Å². The molecule has 0 aliphatic carbocycles. The van der Waals surface area contributed by atoms with Crippen molar-refractivity contribution in [2.45, 2.75) is 0 Å². The van der Waals surface area contributed by atoms with Crippen LogP contribution in [0.4, 0.5) is 11.5 Å². The number of anilines is 2. The smallest absolute Gasteiger partial charge is 0.151 e. The molecule has 7 heteroatoms.